The number of phenols is 1. The van der Waals surface area contributed by atoms with Crippen molar-refractivity contribution in [3.8, 4) is 11.5 Å². The Morgan fingerprint density at radius 3 is 2.47 bits per heavy atom. The van der Waals surface area contributed by atoms with E-state index in [9.17, 15) is 5.11 Å². The number of phenolic OH excluding ortho intramolecular Hbond substituents is 1. The van der Waals surface area contributed by atoms with Crippen LogP contribution in [0, 0.1) is 0 Å². The van der Waals surface area contributed by atoms with E-state index in [2.05, 4.69) is 12.1 Å². The van der Waals surface area contributed by atoms with Gasteiger partial charge >= 0.3 is 0 Å². The first kappa shape index (κ1) is 13.4. The molecule has 2 aromatic rings. The maximum atomic E-state index is 9.90. The second kappa shape index (κ2) is 6.25. The molecule has 2 rings (SSSR count). The second-order valence-corrected chi connectivity index (χ2v) is 4.65. The van der Waals surface area contributed by atoms with Gasteiger partial charge in [-0.3, -0.25) is 0 Å². The van der Waals surface area contributed by atoms with Crippen molar-refractivity contribution in [1.82, 2.24) is 0 Å². The van der Waals surface area contributed by atoms with Crippen LogP contribution in [0.2, 0.25) is 0 Å². The van der Waals surface area contributed by atoms with Gasteiger partial charge < -0.3 is 15.6 Å². The van der Waals surface area contributed by atoms with Gasteiger partial charge in [-0.1, -0.05) is 36.4 Å². The predicted molar refractivity (Wildman–Crippen MR) is 76.5 cm³/mol. The Morgan fingerprint density at radius 1 is 1.11 bits per heavy atom. The number of methoxy groups -OCH3 is 1. The molecule has 19 heavy (non-hydrogen) atoms. The molecule has 0 aromatic heterocycles. The van der Waals surface area contributed by atoms with Crippen molar-refractivity contribution in [3.63, 3.8) is 0 Å². The van der Waals surface area contributed by atoms with Gasteiger partial charge in [-0.2, -0.15) is 0 Å². The highest BCUT2D eigenvalue weighted by Gasteiger charge is 2.09. The fourth-order valence-electron chi connectivity index (χ4n) is 2.11. The summed E-state index contributed by atoms with van der Waals surface area (Å²) in [5.74, 6) is 0.890. The highest BCUT2D eigenvalue weighted by Crippen LogP contribution is 2.24. The number of nitrogens with two attached hydrogens (primary N) is 1. The lowest BCUT2D eigenvalue weighted by Gasteiger charge is -2.13. The van der Waals surface area contributed by atoms with Crippen LogP contribution in [0.4, 0.5) is 0 Å². The van der Waals surface area contributed by atoms with E-state index >= 15 is 0 Å². The van der Waals surface area contributed by atoms with E-state index in [4.69, 9.17) is 10.5 Å². The Hall–Kier alpha value is -2.00. The van der Waals surface area contributed by atoms with Gasteiger partial charge in [0.25, 0.3) is 0 Å². The Morgan fingerprint density at radius 2 is 1.84 bits per heavy atom. The van der Waals surface area contributed by atoms with Crippen LogP contribution in [0.5, 0.6) is 11.5 Å². The van der Waals surface area contributed by atoms with E-state index in [-0.39, 0.29) is 11.8 Å². The summed E-state index contributed by atoms with van der Waals surface area (Å²) in [5, 5.41) is 9.90. The largest absolute Gasteiger partial charge is 0.508 e. The Balaban J connectivity index is 2.01. The number of benzene rings is 2. The lowest BCUT2D eigenvalue weighted by molar-refractivity contribution is 0.406. The minimum Gasteiger partial charge on any atom is -0.508 e. The summed E-state index contributed by atoms with van der Waals surface area (Å²) in [6.45, 7) is 0. The summed E-state index contributed by atoms with van der Waals surface area (Å²) in [5.41, 5.74) is 8.20. The zero-order valence-electron chi connectivity index (χ0n) is 11.0. The summed E-state index contributed by atoms with van der Waals surface area (Å²) in [4.78, 5) is 0. The van der Waals surface area contributed by atoms with Crippen molar-refractivity contribution >= 4 is 0 Å². The molecule has 0 heterocycles. The van der Waals surface area contributed by atoms with Crippen molar-refractivity contribution in [2.24, 2.45) is 5.73 Å². The van der Waals surface area contributed by atoms with Gasteiger partial charge in [0, 0.05) is 12.1 Å². The molecule has 3 N–H and O–H groups in total. The highest BCUT2D eigenvalue weighted by molar-refractivity contribution is 5.40. The van der Waals surface area contributed by atoms with Gasteiger partial charge in [-0.05, 0) is 30.0 Å². The molecule has 3 nitrogen and oxygen atoms in total. The molecule has 0 saturated carbocycles. The molecule has 3 heteroatoms. The van der Waals surface area contributed by atoms with Crippen LogP contribution < -0.4 is 10.5 Å². The lowest BCUT2D eigenvalue weighted by atomic mass is 9.99. The Kier molecular flexibility index (Phi) is 4.42. The normalized spacial score (nSPS) is 12.1. The average molecular weight is 257 g/mol. The van der Waals surface area contributed by atoms with E-state index in [1.807, 2.05) is 30.3 Å². The molecule has 2 aromatic carbocycles. The molecule has 100 valence electrons. The highest BCUT2D eigenvalue weighted by atomic mass is 16.5. The standard InChI is InChI=1S/C16H19NO2/c1-19-15-8-7-13(16(18)11-15)10-14(17)9-12-5-3-2-4-6-12/h2-8,11,14,18H,9-10,17H2,1H3. The molecule has 0 bridgehead atoms. The monoisotopic (exact) mass is 257 g/mol. The van der Waals surface area contributed by atoms with Crippen LogP contribution >= 0.6 is 0 Å². The van der Waals surface area contributed by atoms with E-state index in [1.54, 1.807) is 13.2 Å². The minimum absolute atomic E-state index is 0.0123. The minimum atomic E-state index is -0.0123. The average Bonchev–Trinajstić information content (AvgIpc) is 2.42. The molecule has 0 amide bonds. The molecule has 1 unspecified atom stereocenters. The van der Waals surface area contributed by atoms with Gasteiger partial charge in [0.05, 0.1) is 7.11 Å². The SMILES string of the molecule is COc1ccc(CC(N)Cc2ccccc2)c(O)c1. The molecular weight excluding hydrogens is 238 g/mol. The summed E-state index contributed by atoms with van der Waals surface area (Å²) in [7, 11) is 1.58. The van der Waals surface area contributed by atoms with Gasteiger partial charge in [0.2, 0.25) is 0 Å². The quantitative estimate of drug-likeness (QED) is 0.865. The molecule has 0 spiro atoms. The fraction of sp³-hybridized carbons (Fsp3) is 0.250. The molecule has 0 fully saturated rings. The first-order valence-corrected chi connectivity index (χ1v) is 6.34. The molecule has 0 aliphatic heterocycles. The van der Waals surface area contributed by atoms with Gasteiger partial charge in [0.1, 0.15) is 11.5 Å². The number of hydrogen-bond acceptors (Lipinski definition) is 3. The Labute approximate surface area is 113 Å². The molecule has 0 aliphatic rings. The molecule has 1 atom stereocenters. The van der Waals surface area contributed by atoms with Crippen molar-refractivity contribution in [1.29, 1.82) is 0 Å². The summed E-state index contributed by atoms with van der Waals surface area (Å²) in [6.07, 6.45) is 1.44. The molecular formula is C16H19NO2. The lowest BCUT2D eigenvalue weighted by Crippen LogP contribution is -2.25. The number of aromatic hydroxyl groups is 1. The zero-order valence-corrected chi connectivity index (χ0v) is 11.0. The number of hydrogen-bond donors (Lipinski definition) is 2. The fourth-order valence-corrected chi connectivity index (χ4v) is 2.11. The van der Waals surface area contributed by atoms with Crippen molar-refractivity contribution in [2.45, 2.75) is 18.9 Å². The second-order valence-electron chi connectivity index (χ2n) is 4.65. The summed E-state index contributed by atoms with van der Waals surface area (Å²) < 4.78 is 5.06. The van der Waals surface area contributed by atoms with E-state index in [0.717, 1.165) is 12.0 Å². The number of rotatable bonds is 5. The van der Waals surface area contributed by atoms with Crippen molar-refractivity contribution in [3.05, 3.63) is 59.7 Å². The van der Waals surface area contributed by atoms with E-state index < -0.39 is 0 Å². The maximum Gasteiger partial charge on any atom is 0.122 e. The van der Waals surface area contributed by atoms with Gasteiger partial charge in [-0.25, -0.2) is 0 Å². The number of ether oxygens (including phenoxy) is 1. The Bertz CT molecular complexity index is 526. The van der Waals surface area contributed by atoms with Gasteiger partial charge in [0.15, 0.2) is 0 Å². The van der Waals surface area contributed by atoms with Crippen LogP contribution in [0.15, 0.2) is 48.5 Å². The van der Waals surface area contributed by atoms with Gasteiger partial charge in [-0.15, -0.1) is 0 Å². The maximum absolute atomic E-state index is 9.90. The third-order valence-electron chi connectivity index (χ3n) is 3.12. The summed E-state index contributed by atoms with van der Waals surface area (Å²) >= 11 is 0. The summed E-state index contributed by atoms with van der Waals surface area (Å²) in [6, 6.07) is 15.4. The van der Waals surface area contributed by atoms with Crippen molar-refractivity contribution < 1.29 is 9.84 Å². The van der Waals surface area contributed by atoms with Crippen LogP contribution in [0.25, 0.3) is 0 Å². The first-order chi connectivity index (χ1) is 9.19. The van der Waals surface area contributed by atoms with Crippen LogP contribution in [-0.4, -0.2) is 18.3 Å². The molecule has 0 saturated heterocycles. The smallest absolute Gasteiger partial charge is 0.122 e. The zero-order chi connectivity index (χ0) is 13.7. The third-order valence-corrected chi connectivity index (χ3v) is 3.12. The predicted octanol–water partition coefficient (Wildman–Crippen LogP) is 2.51. The van der Waals surface area contributed by atoms with E-state index in [1.165, 1.54) is 5.56 Å². The third kappa shape index (κ3) is 3.73. The topological polar surface area (TPSA) is 55.5 Å². The van der Waals surface area contributed by atoms with Crippen LogP contribution in [0.1, 0.15) is 11.1 Å². The molecule has 0 radical (unpaired) electrons. The van der Waals surface area contributed by atoms with Crippen LogP contribution in [-0.2, 0) is 12.8 Å². The van der Waals surface area contributed by atoms with E-state index in [0.29, 0.717) is 12.2 Å². The molecule has 0 aliphatic carbocycles. The van der Waals surface area contributed by atoms with Crippen LogP contribution in [0.3, 0.4) is 0 Å². The first-order valence-electron chi connectivity index (χ1n) is 6.34. The van der Waals surface area contributed by atoms with Crippen molar-refractivity contribution in [2.75, 3.05) is 7.11 Å².